The van der Waals surface area contributed by atoms with Crippen molar-refractivity contribution in [2.75, 3.05) is 0 Å². The predicted octanol–water partition coefficient (Wildman–Crippen LogP) is 9.62. The van der Waals surface area contributed by atoms with Crippen molar-refractivity contribution in [3.8, 4) is 0 Å². The van der Waals surface area contributed by atoms with E-state index in [0.717, 1.165) is 0 Å². The van der Waals surface area contributed by atoms with Crippen LogP contribution in [0.5, 0.6) is 0 Å². The fourth-order valence-corrected chi connectivity index (χ4v) is 37.0. The molecule has 3 rings (SSSR count). The summed E-state index contributed by atoms with van der Waals surface area (Å²) in [4.78, 5) is 0. The second kappa shape index (κ2) is 9.61. The second-order valence-corrected chi connectivity index (χ2v) is 33.2. The van der Waals surface area contributed by atoms with Crippen LogP contribution in [0.3, 0.4) is 0 Å². The van der Waals surface area contributed by atoms with Crippen molar-refractivity contribution in [2.24, 2.45) is 0 Å². The molecule has 4 heteroatoms. The summed E-state index contributed by atoms with van der Waals surface area (Å²) in [5, 5.41) is 0. The molecular formula is C32H49BO2Sn. The molecular weight excluding hydrogens is 546 g/mol. The van der Waals surface area contributed by atoms with Crippen LogP contribution in [0, 0.1) is 0 Å². The molecule has 0 N–H and O–H groups in total. The molecule has 0 atom stereocenters. The van der Waals surface area contributed by atoms with E-state index < -0.39 is 36.7 Å². The topological polar surface area (TPSA) is 18.5 Å². The van der Waals surface area contributed by atoms with E-state index in [-0.39, 0.29) is 10.3 Å². The molecule has 2 aromatic rings. The Kier molecular flexibility index (Phi) is 7.88. The molecule has 0 saturated carbocycles. The van der Waals surface area contributed by atoms with E-state index in [1.807, 2.05) is 0 Å². The number of rotatable bonds is 4. The average molecular weight is 595 g/mol. The van der Waals surface area contributed by atoms with E-state index in [4.69, 9.17) is 9.31 Å². The zero-order chi connectivity index (χ0) is 27.4. The molecule has 0 spiro atoms. The van der Waals surface area contributed by atoms with Crippen molar-refractivity contribution in [1.82, 2.24) is 0 Å². The number of benzene rings is 2. The average Bonchev–Trinajstić information content (AvgIpc) is 2.92. The Balaban J connectivity index is 2.63. The summed E-state index contributed by atoms with van der Waals surface area (Å²) in [5.41, 5.74) is 2.93. The number of hydrogen-bond donors (Lipinski definition) is 0. The summed E-state index contributed by atoms with van der Waals surface area (Å²) >= 11 is -3.58. The Morgan fingerprint density at radius 2 is 0.917 bits per heavy atom. The van der Waals surface area contributed by atoms with Gasteiger partial charge >= 0.3 is 227 Å². The van der Waals surface area contributed by atoms with E-state index in [1.165, 1.54) is 20.2 Å². The zero-order valence-electron chi connectivity index (χ0n) is 25.2. The standard InChI is InChI=1S/C20H22BO2.3C4H9.Sn/c1-19(2)20(3,4)23-21(22-19)18(17-13-9-6-10-14-17)15-16-11-7-5-8-12-16;3*1-4(2)3;/h5-14H,1-4H3;3*1-3H3;. The van der Waals surface area contributed by atoms with Gasteiger partial charge in [-0.15, -0.1) is 0 Å². The van der Waals surface area contributed by atoms with Gasteiger partial charge in [0.1, 0.15) is 0 Å². The first-order valence-electron chi connectivity index (χ1n) is 13.5. The first-order chi connectivity index (χ1) is 16.3. The molecule has 1 fully saturated rings. The van der Waals surface area contributed by atoms with Crippen molar-refractivity contribution in [2.45, 2.75) is 112 Å². The van der Waals surface area contributed by atoms with Gasteiger partial charge in [-0.25, -0.2) is 0 Å². The van der Waals surface area contributed by atoms with Crippen LogP contribution in [0.1, 0.15) is 101 Å². The summed E-state index contributed by atoms with van der Waals surface area (Å²) in [7, 11) is -0.435. The Bertz CT molecular complexity index is 1030. The quantitative estimate of drug-likeness (QED) is 0.259. The first kappa shape index (κ1) is 29.5. The van der Waals surface area contributed by atoms with Gasteiger partial charge in [0.15, 0.2) is 0 Å². The molecule has 1 aliphatic heterocycles. The molecule has 2 nitrogen and oxygen atoms in total. The first-order valence-corrected chi connectivity index (χ1v) is 19.2. The van der Waals surface area contributed by atoms with Crippen molar-refractivity contribution < 1.29 is 9.31 Å². The SMILES string of the molecule is CC1(C)OB(/C(=[C](/c2ccccc2)[Sn]([C](C)(C)C)([C](C)(C)C)[C](C)(C)C)c2ccccc2)OC1(C)C. The molecule has 0 amide bonds. The molecule has 2 aromatic carbocycles. The van der Waals surface area contributed by atoms with Crippen molar-refractivity contribution >= 4 is 34.6 Å². The molecule has 0 bridgehead atoms. The van der Waals surface area contributed by atoms with Gasteiger partial charge in [0, 0.05) is 0 Å². The monoisotopic (exact) mass is 596 g/mol. The summed E-state index contributed by atoms with van der Waals surface area (Å²) in [5.74, 6) is 0. The maximum atomic E-state index is 6.87. The fourth-order valence-electron chi connectivity index (χ4n) is 7.66. The fraction of sp³-hybridized carbons (Fsp3) is 0.562. The van der Waals surface area contributed by atoms with Gasteiger partial charge in [-0.3, -0.25) is 0 Å². The van der Waals surface area contributed by atoms with E-state index >= 15 is 0 Å². The summed E-state index contributed by atoms with van der Waals surface area (Å²) < 4.78 is 15.6. The predicted molar refractivity (Wildman–Crippen MR) is 161 cm³/mol. The van der Waals surface area contributed by atoms with Crippen LogP contribution < -0.4 is 0 Å². The Morgan fingerprint density at radius 3 is 1.25 bits per heavy atom. The third kappa shape index (κ3) is 4.89. The van der Waals surface area contributed by atoms with Crippen LogP contribution in [0.15, 0.2) is 60.7 Å². The van der Waals surface area contributed by atoms with Crippen LogP contribution in [-0.2, 0) is 9.31 Å². The van der Waals surface area contributed by atoms with Gasteiger partial charge in [0.2, 0.25) is 0 Å². The molecule has 1 saturated heterocycles. The number of hydrogen-bond acceptors (Lipinski definition) is 2. The molecule has 0 unspecified atom stereocenters. The second-order valence-electron chi connectivity index (χ2n) is 14.6. The van der Waals surface area contributed by atoms with Crippen LogP contribution in [0.25, 0.3) is 9.06 Å². The Hall–Kier alpha value is -1.04. The van der Waals surface area contributed by atoms with Gasteiger partial charge in [0.05, 0.1) is 0 Å². The normalized spacial score (nSPS) is 19.3. The molecule has 1 heterocycles. The van der Waals surface area contributed by atoms with Crippen molar-refractivity contribution in [3.05, 3.63) is 71.8 Å². The van der Waals surface area contributed by atoms with E-state index in [0.29, 0.717) is 0 Å². The Labute approximate surface area is 226 Å². The van der Waals surface area contributed by atoms with Gasteiger partial charge in [-0.1, -0.05) is 0 Å². The summed E-state index contributed by atoms with van der Waals surface area (Å²) in [6.45, 7) is 31.1. The van der Waals surface area contributed by atoms with Crippen LogP contribution >= 0.6 is 0 Å². The van der Waals surface area contributed by atoms with E-state index in [2.05, 4.69) is 151 Å². The minimum atomic E-state index is -3.58. The van der Waals surface area contributed by atoms with Crippen LogP contribution in [0.4, 0.5) is 0 Å². The van der Waals surface area contributed by atoms with E-state index in [9.17, 15) is 0 Å². The summed E-state index contributed by atoms with van der Waals surface area (Å²) in [6, 6.07) is 22.0. The molecule has 196 valence electrons. The molecule has 0 aromatic heterocycles. The zero-order valence-corrected chi connectivity index (χ0v) is 28.0. The van der Waals surface area contributed by atoms with Gasteiger partial charge < -0.3 is 0 Å². The Morgan fingerprint density at radius 1 is 0.583 bits per heavy atom. The van der Waals surface area contributed by atoms with Gasteiger partial charge in [-0.05, 0) is 0 Å². The van der Waals surface area contributed by atoms with Crippen molar-refractivity contribution in [3.63, 3.8) is 0 Å². The van der Waals surface area contributed by atoms with E-state index in [1.54, 1.807) is 0 Å². The molecule has 36 heavy (non-hydrogen) atoms. The van der Waals surface area contributed by atoms with Crippen LogP contribution in [0.2, 0.25) is 10.3 Å². The van der Waals surface area contributed by atoms with Crippen LogP contribution in [-0.4, -0.2) is 36.7 Å². The molecule has 0 aliphatic carbocycles. The minimum absolute atomic E-state index is 0.125. The third-order valence-electron chi connectivity index (χ3n) is 8.66. The molecule has 1 aliphatic rings. The van der Waals surface area contributed by atoms with Gasteiger partial charge in [-0.2, -0.15) is 0 Å². The summed E-state index contributed by atoms with van der Waals surface area (Å²) in [6.07, 6.45) is 0. The van der Waals surface area contributed by atoms with Crippen molar-refractivity contribution in [1.29, 1.82) is 0 Å². The van der Waals surface area contributed by atoms with Gasteiger partial charge in [0.25, 0.3) is 0 Å². The third-order valence-corrected chi connectivity index (χ3v) is 31.7. The maximum absolute atomic E-state index is 6.87. The molecule has 0 radical (unpaired) electrons.